The van der Waals surface area contributed by atoms with Crippen LogP contribution in [0.5, 0.6) is 0 Å². The molecule has 0 amide bonds. The zero-order chi connectivity index (χ0) is 17.5. The van der Waals surface area contributed by atoms with Crippen LogP contribution in [0.2, 0.25) is 18.1 Å². The molecule has 2 N–H and O–H groups in total. The first-order chi connectivity index (χ1) is 10.4. The molecule has 2 aliphatic rings. The van der Waals surface area contributed by atoms with E-state index < -0.39 is 19.7 Å². The van der Waals surface area contributed by atoms with E-state index in [2.05, 4.69) is 33.9 Å². The van der Waals surface area contributed by atoms with Crippen molar-refractivity contribution in [2.45, 2.75) is 70.1 Å². The summed E-state index contributed by atoms with van der Waals surface area (Å²) < 4.78 is 17.5. The SMILES string of the molecule is CC1(C[C@@]2(O)C[C@@H]2[C@H](CO)CO[Si](C)(C)C(C)(C)C)OCCO1. The number of hydrogen-bond donors (Lipinski definition) is 2. The minimum atomic E-state index is -1.84. The molecular formula is C17H34O5Si. The van der Waals surface area contributed by atoms with Gasteiger partial charge in [0.25, 0.3) is 0 Å². The summed E-state index contributed by atoms with van der Waals surface area (Å²) in [4.78, 5) is 0. The van der Waals surface area contributed by atoms with Crippen LogP contribution in [-0.4, -0.2) is 56.3 Å². The first kappa shape index (κ1) is 19.3. The van der Waals surface area contributed by atoms with Gasteiger partial charge in [-0.25, -0.2) is 0 Å². The van der Waals surface area contributed by atoms with Crippen LogP contribution in [0.25, 0.3) is 0 Å². The molecule has 2 fully saturated rings. The van der Waals surface area contributed by atoms with Crippen molar-refractivity contribution in [3.05, 3.63) is 0 Å². The number of hydrogen-bond acceptors (Lipinski definition) is 5. The molecule has 0 aromatic rings. The minimum absolute atomic E-state index is 0.0286. The highest BCUT2D eigenvalue weighted by Gasteiger charge is 2.60. The summed E-state index contributed by atoms with van der Waals surface area (Å²) in [6.45, 7) is 14.6. The van der Waals surface area contributed by atoms with E-state index in [1.54, 1.807) is 0 Å². The lowest BCUT2D eigenvalue weighted by molar-refractivity contribution is -0.169. The van der Waals surface area contributed by atoms with Gasteiger partial charge in [-0.15, -0.1) is 0 Å². The standard InChI is InChI=1S/C17H34O5Si/c1-15(2,3)23(5,6)22-11-13(10-18)14-9-17(14,19)12-16(4)20-7-8-21-16/h13-14,18-19H,7-12H2,1-6H3/t13-,14-,17+/m1/s1. The molecule has 3 atom stereocenters. The van der Waals surface area contributed by atoms with E-state index in [0.717, 1.165) is 0 Å². The van der Waals surface area contributed by atoms with E-state index in [4.69, 9.17) is 13.9 Å². The first-order valence-electron chi connectivity index (χ1n) is 8.68. The van der Waals surface area contributed by atoms with Crippen LogP contribution in [-0.2, 0) is 13.9 Å². The van der Waals surface area contributed by atoms with E-state index in [0.29, 0.717) is 32.7 Å². The molecule has 5 nitrogen and oxygen atoms in total. The topological polar surface area (TPSA) is 68.2 Å². The Bertz CT molecular complexity index is 414. The second-order valence-corrected chi connectivity index (χ2v) is 13.7. The third kappa shape index (κ3) is 4.35. The second kappa shape index (κ2) is 6.39. The van der Waals surface area contributed by atoms with Crippen molar-refractivity contribution < 1.29 is 24.1 Å². The first-order valence-corrected chi connectivity index (χ1v) is 11.6. The number of aliphatic hydroxyl groups excluding tert-OH is 1. The molecule has 0 aromatic carbocycles. The van der Waals surface area contributed by atoms with Gasteiger partial charge in [-0.3, -0.25) is 0 Å². The predicted octanol–water partition coefficient (Wildman–Crippen LogP) is 2.52. The average molecular weight is 347 g/mol. The zero-order valence-electron chi connectivity index (χ0n) is 15.5. The molecule has 1 aliphatic heterocycles. The van der Waals surface area contributed by atoms with Gasteiger partial charge in [-0.2, -0.15) is 0 Å². The summed E-state index contributed by atoms with van der Waals surface area (Å²) in [5.41, 5.74) is -0.802. The maximum atomic E-state index is 10.8. The predicted molar refractivity (Wildman–Crippen MR) is 91.7 cm³/mol. The van der Waals surface area contributed by atoms with E-state index in [1.807, 2.05) is 6.92 Å². The minimum Gasteiger partial charge on any atom is -0.416 e. The third-order valence-electron chi connectivity index (χ3n) is 5.90. The maximum Gasteiger partial charge on any atom is 0.191 e. The largest absolute Gasteiger partial charge is 0.416 e. The molecule has 1 aliphatic carbocycles. The second-order valence-electron chi connectivity index (χ2n) is 8.94. The number of aliphatic hydroxyl groups is 2. The molecule has 6 heteroatoms. The lowest BCUT2D eigenvalue weighted by Crippen LogP contribution is -2.43. The van der Waals surface area contributed by atoms with Crippen LogP contribution in [0.4, 0.5) is 0 Å². The maximum absolute atomic E-state index is 10.8. The van der Waals surface area contributed by atoms with Gasteiger partial charge in [-0.05, 0) is 37.4 Å². The van der Waals surface area contributed by atoms with Crippen molar-refractivity contribution in [3.63, 3.8) is 0 Å². The highest BCUT2D eigenvalue weighted by atomic mass is 28.4. The molecule has 23 heavy (non-hydrogen) atoms. The fourth-order valence-electron chi connectivity index (χ4n) is 3.17. The quantitative estimate of drug-likeness (QED) is 0.693. The Labute approximate surface area is 141 Å². The molecule has 0 aromatic heterocycles. The zero-order valence-corrected chi connectivity index (χ0v) is 16.5. The molecular weight excluding hydrogens is 312 g/mol. The molecule has 0 bridgehead atoms. The smallest absolute Gasteiger partial charge is 0.191 e. The van der Waals surface area contributed by atoms with Gasteiger partial charge in [0.05, 0.1) is 18.8 Å². The van der Waals surface area contributed by atoms with Gasteiger partial charge in [0.15, 0.2) is 14.1 Å². The van der Waals surface area contributed by atoms with Crippen LogP contribution < -0.4 is 0 Å². The van der Waals surface area contributed by atoms with Gasteiger partial charge in [-0.1, -0.05) is 20.8 Å². The van der Waals surface area contributed by atoms with Crippen molar-refractivity contribution >= 4 is 8.32 Å². The fraction of sp³-hybridized carbons (Fsp3) is 1.00. The number of rotatable bonds is 7. The molecule has 2 rings (SSSR count). The van der Waals surface area contributed by atoms with E-state index in [9.17, 15) is 10.2 Å². The Hall–Kier alpha value is 0.0169. The van der Waals surface area contributed by atoms with Gasteiger partial charge in [0.2, 0.25) is 0 Å². The van der Waals surface area contributed by atoms with E-state index >= 15 is 0 Å². The number of ether oxygens (including phenoxy) is 2. The Morgan fingerprint density at radius 2 is 1.83 bits per heavy atom. The summed E-state index contributed by atoms with van der Waals surface area (Å²) in [6.07, 6.45) is 1.14. The van der Waals surface area contributed by atoms with Crippen molar-refractivity contribution in [3.8, 4) is 0 Å². The Morgan fingerprint density at radius 1 is 1.26 bits per heavy atom. The summed E-state index contributed by atoms with van der Waals surface area (Å²) in [7, 11) is -1.84. The van der Waals surface area contributed by atoms with Crippen LogP contribution in [0, 0.1) is 11.8 Å². The van der Waals surface area contributed by atoms with Crippen molar-refractivity contribution in [2.24, 2.45) is 11.8 Å². The monoisotopic (exact) mass is 346 g/mol. The Morgan fingerprint density at radius 3 is 2.30 bits per heavy atom. The van der Waals surface area contributed by atoms with E-state index in [1.165, 1.54) is 0 Å². The molecule has 1 saturated heterocycles. The van der Waals surface area contributed by atoms with Gasteiger partial charge in [0.1, 0.15) is 0 Å². The normalized spacial score (nSPS) is 32.1. The molecule has 1 heterocycles. The van der Waals surface area contributed by atoms with Crippen LogP contribution in [0.3, 0.4) is 0 Å². The van der Waals surface area contributed by atoms with Gasteiger partial charge >= 0.3 is 0 Å². The molecule has 0 spiro atoms. The summed E-state index contributed by atoms with van der Waals surface area (Å²) in [5, 5.41) is 20.7. The van der Waals surface area contributed by atoms with Gasteiger partial charge in [0, 0.05) is 25.6 Å². The van der Waals surface area contributed by atoms with Crippen LogP contribution in [0.15, 0.2) is 0 Å². The molecule has 0 radical (unpaired) electrons. The summed E-state index contributed by atoms with van der Waals surface area (Å²) >= 11 is 0. The molecule has 136 valence electrons. The summed E-state index contributed by atoms with van der Waals surface area (Å²) in [6, 6.07) is 0. The average Bonchev–Trinajstić information content (AvgIpc) is 2.85. The van der Waals surface area contributed by atoms with Crippen LogP contribution >= 0.6 is 0 Å². The lowest BCUT2D eigenvalue weighted by atomic mass is 9.98. The summed E-state index contributed by atoms with van der Waals surface area (Å²) in [5.74, 6) is -0.662. The van der Waals surface area contributed by atoms with Crippen LogP contribution in [0.1, 0.15) is 40.5 Å². The highest BCUT2D eigenvalue weighted by Crippen LogP contribution is 2.54. The third-order valence-corrected chi connectivity index (χ3v) is 10.4. The van der Waals surface area contributed by atoms with E-state index in [-0.39, 0.29) is 23.5 Å². The molecule has 0 unspecified atom stereocenters. The van der Waals surface area contributed by atoms with Gasteiger partial charge < -0.3 is 24.1 Å². The van der Waals surface area contributed by atoms with Crippen molar-refractivity contribution in [1.82, 2.24) is 0 Å². The Balaban J connectivity index is 1.90. The van der Waals surface area contributed by atoms with Crippen molar-refractivity contribution in [1.29, 1.82) is 0 Å². The fourth-order valence-corrected chi connectivity index (χ4v) is 4.24. The molecule has 1 saturated carbocycles. The van der Waals surface area contributed by atoms with Crippen molar-refractivity contribution in [2.75, 3.05) is 26.4 Å². The lowest BCUT2D eigenvalue weighted by Gasteiger charge is -2.37. The Kier molecular flexibility index (Phi) is 5.37. The highest BCUT2D eigenvalue weighted by molar-refractivity contribution is 6.74.